The maximum atomic E-state index is 13.5. The van der Waals surface area contributed by atoms with Crippen molar-refractivity contribution in [3.63, 3.8) is 0 Å². The van der Waals surface area contributed by atoms with Gasteiger partial charge in [-0.2, -0.15) is 13.2 Å². The van der Waals surface area contributed by atoms with E-state index in [2.05, 4.69) is 4.98 Å². The Kier molecular flexibility index (Phi) is 4.03. The van der Waals surface area contributed by atoms with Crippen LogP contribution in [0.1, 0.15) is 15.2 Å². The minimum absolute atomic E-state index is 0.0701. The number of halogens is 3. The van der Waals surface area contributed by atoms with Gasteiger partial charge >= 0.3 is 12.1 Å². The van der Waals surface area contributed by atoms with Gasteiger partial charge in [-0.3, -0.25) is 0 Å². The fourth-order valence-corrected chi connectivity index (χ4v) is 3.37. The minimum Gasteiger partial charge on any atom is -0.497 e. The summed E-state index contributed by atoms with van der Waals surface area (Å²) >= 11 is 0.618. The Hall–Kier alpha value is -2.81. The Balaban J connectivity index is 2.29. The quantitative estimate of drug-likeness (QED) is 0.721. The van der Waals surface area contributed by atoms with E-state index in [1.807, 2.05) is 0 Å². The number of nitrogens with zero attached hydrogens (tertiary/aromatic N) is 1. The molecular formula is C16H11F3N2O3S. The van der Waals surface area contributed by atoms with Gasteiger partial charge in [-0.25, -0.2) is 9.78 Å². The summed E-state index contributed by atoms with van der Waals surface area (Å²) in [6.07, 6.45) is -4.70. The fraction of sp³-hybridized carbons (Fsp3) is 0.125. The number of ether oxygens (including phenoxy) is 1. The van der Waals surface area contributed by atoms with E-state index < -0.39 is 23.4 Å². The second-order valence-electron chi connectivity index (χ2n) is 5.11. The van der Waals surface area contributed by atoms with Gasteiger partial charge in [-0.05, 0) is 30.3 Å². The summed E-state index contributed by atoms with van der Waals surface area (Å²) in [5.41, 5.74) is 4.72. The Morgan fingerprint density at radius 1 is 1.28 bits per heavy atom. The van der Waals surface area contributed by atoms with Crippen LogP contribution < -0.4 is 10.5 Å². The molecule has 3 N–H and O–H groups in total. The Labute approximate surface area is 143 Å². The summed E-state index contributed by atoms with van der Waals surface area (Å²) in [5, 5.41) is 8.73. The molecule has 25 heavy (non-hydrogen) atoms. The zero-order chi connectivity index (χ0) is 18.4. The van der Waals surface area contributed by atoms with Gasteiger partial charge in [-0.15, -0.1) is 11.3 Å². The molecule has 2 heterocycles. The monoisotopic (exact) mass is 368 g/mol. The topological polar surface area (TPSA) is 85.4 Å². The highest BCUT2D eigenvalue weighted by atomic mass is 32.1. The van der Waals surface area contributed by atoms with E-state index in [0.29, 0.717) is 22.6 Å². The van der Waals surface area contributed by atoms with Gasteiger partial charge in [-0.1, -0.05) is 0 Å². The first-order valence-electron chi connectivity index (χ1n) is 6.90. The van der Waals surface area contributed by atoms with Crippen LogP contribution in [0.15, 0.2) is 30.3 Å². The van der Waals surface area contributed by atoms with Crippen LogP contribution in [-0.4, -0.2) is 23.2 Å². The second-order valence-corrected chi connectivity index (χ2v) is 6.11. The average Bonchev–Trinajstić information content (AvgIpc) is 2.90. The predicted molar refractivity (Wildman–Crippen MR) is 88.0 cm³/mol. The van der Waals surface area contributed by atoms with Crippen LogP contribution in [0.25, 0.3) is 21.5 Å². The molecule has 9 heteroatoms. The zero-order valence-electron chi connectivity index (χ0n) is 12.7. The largest absolute Gasteiger partial charge is 0.497 e. The smallest absolute Gasteiger partial charge is 0.417 e. The van der Waals surface area contributed by atoms with Gasteiger partial charge < -0.3 is 15.6 Å². The minimum atomic E-state index is -4.70. The molecule has 0 atom stereocenters. The van der Waals surface area contributed by atoms with Gasteiger partial charge in [0.2, 0.25) is 0 Å². The molecule has 1 aromatic carbocycles. The van der Waals surface area contributed by atoms with Crippen molar-refractivity contribution < 1.29 is 27.8 Å². The van der Waals surface area contributed by atoms with Crippen molar-refractivity contribution >= 4 is 33.2 Å². The number of nitrogen functional groups attached to an aromatic ring is 1. The molecule has 0 bridgehead atoms. The standard InChI is InChI=1S/C16H11F3N2O3S/c1-24-8-4-2-7(3-5-8)10-6-9(16(17,18)19)11-12(20)13(15(22)23)25-14(11)21-10/h2-6H,20H2,1H3,(H,22,23). The highest BCUT2D eigenvalue weighted by Crippen LogP contribution is 2.43. The van der Waals surface area contributed by atoms with E-state index >= 15 is 0 Å². The molecule has 2 aromatic heterocycles. The van der Waals surface area contributed by atoms with E-state index in [1.165, 1.54) is 7.11 Å². The number of rotatable bonds is 3. The van der Waals surface area contributed by atoms with Crippen molar-refractivity contribution in [3.05, 3.63) is 40.8 Å². The molecule has 0 saturated heterocycles. The van der Waals surface area contributed by atoms with Crippen molar-refractivity contribution in [3.8, 4) is 17.0 Å². The molecule has 5 nitrogen and oxygen atoms in total. The molecule has 0 aliphatic rings. The van der Waals surface area contributed by atoms with Gasteiger partial charge in [0.15, 0.2) is 0 Å². The molecule has 0 saturated carbocycles. The highest BCUT2D eigenvalue weighted by molar-refractivity contribution is 7.21. The summed E-state index contributed by atoms with van der Waals surface area (Å²) in [5.74, 6) is -0.839. The third kappa shape index (κ3) is 2.98. The lowest BCUT2D eigenvalue weighted by atomic mass is 10.1. The van der Waals surface area contributed by atoms with Gasteiger partial charge in [0, 0.05) is 10.9 Å². The van der Waals surface area contributed by atoms with Crippen LogP contribution >= 0.6 is 11.3 Å². The number of carboxylic acids is 1. The number of pyridine rings is 1. The van der Waals surface area contributed by atoms with Crippen LogP contribution in [0.4, 0.5) is 18.9 Å². The van der Waals surface area contributed by atoms with E-state index in [9.17, 15) is 18.0 Å². The molecule has 0 spiro atoms. The van der Waals surface area contributed by atoms with Crippen LogP contribution in [0.5, 0.6) is 5.75 Å². The van der Waals surface area contributed by atoms with Crippen molar-refractivity contribution in [2.75, 3.05) is 12.8 Å². The van der Waals surface area contributed by atoms with Crippen LogP contribution in [0.3, 0.4) is 0 Å². The first-order valence-corrected chi connectivity index (χ1v) is 7.72. The lowest BCUT2D eigenvalue weighted by Crippen LogP contribution is -2.08. The number of aromatic carboxylic acids is 1. The lowest BCUT2D eigenvalue weighted by molar-refractivity contribution is -0.136. The van der Waals surface area contributed by atoms with E-state index in [1.54, 1.807) is 24.3 Å². The SMILES string of the molecule is COc1ccc(-c2cc(C(F)(F)F)c3c(N)c(C(=O)O)sc3n2)cc1. The van der Waals surface area contributed by atoms with E-state index in [4.69, 9.17) is 15.6 Å². The third-order valence-corrected chi connectivity index (χ3v) is 4.67. The maximum absolute atomic E-state index is 13.5. The summed E-state index contributed by atoms with van der Waals surface area (Å²) in [4.78, 5) is 14.9. The molecule has 130 valence electrons. The Morgan fingerprint density at radius 2 is 1.92 bits per heavy atom. The molecule has 0 radical (unpaired) electrons. The third-order valence-electron chi connectivity index (χ3n) is 3.58. The van der Waals surface area contributed by atoms with Crippen molar-refractivity contribution in [2.24, 2.45) is 0 Å². The molecular weight excluding hydrogens is 357 g/mol. The van der Waals surface area contributed by atoms with Gasteiger partial charge in [0.1, 0.15) is 15.5 Å². The number of hydrogen-bond donors (Lipinski definition) is 2. The Morgan fingerprint density at radius 3 is 2.44 bits per heavy atom. The number of fused-ring (bicyclic) bond motifs is 1. The molecule has 3 aromatic rings. The number of alkyl halides is 3. The summed E-state index contributed by atoms with van der Waals surface area (Å²) in [6, 6.07) is 7.21. The average molecular weight is 368 g/mol. The highest BCUT2D eigenvalue weighted by Gasteiger charge is 2.36. The maximum Gasteiger partial charge on any atom is 0.417 e. The molecule has 0 aliphatic heterocycles. The van der Waals surface area contributed by atoms with Crippen molar-refractivity contribution in [1.29, 1.82) is 0 Å². The number of carbonyl (C=O) groups is 1. The van der Waals surface area contributed by atoms with Crippen LogP contribution in [0.2, 0.25) is 0 Å². The first kappa shape index (κ1) is 17.0. The van der Waals surface area contributed by atoms with Crippen LogP contribution in [-0.2, 0) is 6.18 Å². The molecule has 0 unspecified atom stereocenters. The number of thiophene rings is 1. The first-order chi connectivity index (χ1) is 11.7. The number of hydrogen-bond acceptors (Lipinski definition) is 5. The van der Waals surface area contributed by atoms with Gasteiger partial charge in [0.25, 0.3) is 0 Å². The summed E-state index contributed by atoms with van der Waals surface area (Å²) < 4.78 is 45.4. The Bertz CT molecular complexity index is 965. The summed E-state index contributed by atoms with van der Waals surface area (Å²) in [7, 11) is 1.48. The van der Waals surface area contributed by atoms with E-state index in [-0.39, 0.29) is 20.8 Å². The number of nitrogens with two attached hydrogens (primary N) is 1. The molecule has 3 rings (SSSR count). The van der Waals surface area contributed by atoms with Gasteiger partial charge in [0.05, 0.1) is 24.1 Å². The number of aromatic nitrogens is 1. The number of benzene rings is 1. The predicted octanol–water partition coefficient (Wildman–Crippen LogP) is 4.27. The fourth-order valence-electron chi connectivity index (χ4n) is 2.41. The van der Waals surface area contributed by atoms with Crippen molar-refractivity contribution in [2.45, 2.75) is 6.18 Å². The summed E-state index contributed by atoms with van der Waals surface area (Å²) in [6.45, 7) is 0. The molecule has 0 aliphatic carbocycles. The van der Waals surface area contributed by atoms with E-state index in [0.717, 1.165) is 6.07 Å². The second kappa shape index (κ2) is 5.92. The number of methoxy groups -OCH3 is 1. The molecule has 0 amide bonds. The van der Waals surface area contributed by atoms with Crippen LogP contribution in [0, 0.1) is 0 Å². The van der Waals surface area contributed by atoms with Crippen molar-refractivity contribution in [1.82, 2.24) is 4.98 Å². The zero-order valence-corrected chi connectivity index (χ0v) is 13.5. The number of anilines is 1. The normalized spacial score (nSPS) is 11.7. The lowest BCUT2D eigenvalue weighted by Gasteiger charge is -2.11. The molecule has 0 fully saturated rings. The number of carboxylic acid groups (broad SMARTS) is 1.